The summed E-state index contributed by atoms with van der Waals surface area (Å²) in [6.45, 7) is 3.68. The minimum Gasteiger partial charge on any atom is -0.364 e. The minimum absolute atomic E-state index is 0.378. The zero-order chi connectivity index (χ0) is 8.97. The summed E-state index contributed by atoms with van der Waals surface area (Å²) in [5.74, 6) is -0.456. The molecular weight excluding hydrogens is 174 g/mol. The zero-order valence-electron chi connectivity index (χ0n) is 6.83. The van der Waals surface area contributed by atoms with E-state index in [9.17, 15) is 4.79 Å². The second kappa shape index (κ2) is 4.18. The highest BCUT2D eigenvalue weighted by molar-refractivity contribution is 7.13. The standard InChI is InChI=1S/C7H11N3OS/c1-2-9-3-5-4-10-7(12-5)6(8)11/h4,9H,2-3H2,1H3,(H2,8,11). The number of aromatic nitrogens is 1. The van der Waals surface area contributed by atoms with E-state index in [1.54, 1.807) is 6.20 Å². The number of carbonyl (C=O) groups excluding carboxylic acids is 1. The second-order valence-corrected chi connectivity index (χ2v) is 3.39. The molecule has 0 atom stereocenters. The fraction of sp³-hybridized carbons (Fsp3) is 0.429. The summed E-state index contributed by atoms with van der Waals surface area (Å²) in [7, 11) is 0. The van der Waals surface area contributed by atoms with Gasteiger partial charge in [0.25, 0.3) is 5.91 Å². The van der Waals surface area contributed by atoms with E-state index in [4.69, 9.17) is 5.73 Å². The first kappa shape index (κ1) is 9.15. The molecule has 66 valence electrons. The Bertz CT molecular complexity index is 271. The van der Waals surface area contributed by atoms with Crippen LogP contribution in [0.1, 0.15) is 21.6 Å². The monoisotopic (exact) mass is 185 g/mol. The zero-order valence-corrected chi connectivity index (χ0v) is 7.65. The van der Waals surface area contributed by atoms with Gasteiger partial charge in [-0.1, -0.05) is 6.92 Å². The maximum absolute atomic E-state index is 10.6. The third-order valence-electron chi connectivity index (χ3n) is 1.31. The molecule has 1 aromatic heterocycles. The average molecular weight is 185 g/mol. The summed E-state index contributed by atoms with van der Waals surface area (Å²) in [4.78, 5) is 15.5. The predicted octanol–water partition coefficient (Wildman–Crippen LogP) is 0.352. The van der Waals surface area contributed by atoms with Gasteiger partial charge in [0, 0.05) is 17.6 Å². The van der Waals surface area contributed by atoms with Gasteiger partial charge in [-0.3, -0.25) is 4.79 Å². The van der Waals surface area contributed by atoms with Crippen LogP contribution in [0.2, 0.25) is 0 Å². The molecule has 1 heterocycles. The van der Waals surface area contributed by atoms with Crippen molar-refractivity contribution in [1.29, 1.82) is 0 Å². The molecule has 0 radical (unpaired) electrons. The van der Waals surface area contributed by atoms with Gasteiger partial charge < -0.3 is 11.1 Å². The Morgan fingerprint density at radius 3 is 3.08 bits per heavy atom. The lowest BCUT2D eigenvalue weighted by atomic mass is 10.5. The van der Waals surface area contributed by atoms with E-state index in [-0.39, 0.29) is 0 Å². The van der Waals surface area contributed by atoms with E-state index in [2.05, 4.69) is 10.3 Å². The van der Waals surface area contributed by atoms with Crippen molar-refractivity contribution in [2.75, 3.05) is 6.54 Å². The number of thiazole rings is 1. The number of primary amides is 1. The Balaban J connectivity index is 2.58. The van der Waals surface area contributed by atoms with Crippen LogP contribution >= 0.6 is 11.3 Å². The van der Waals surface area contributed by atoms with Crippen molar-refractivity contribution in [3.05, 3.63) is 16.1 Å². The molecule has 4 nitrogen and oxygen atoms in total. The van der Waals surface area contributed by atoms with E-state index in [0.29, 0.717) is 5.01 Å². The molecule has 12 heavy (non-hydrogen) atoms. The summed E-state index contributed by atoms with van der Waals surface area (Å²) in [5, 5.41) is 3.51. The molecule has 0 unspecified atom stereocenters. The Kier molecular flexibility index (Phi) is 3.19. The van der Waals surface area contributed by atoms with Crippen molar-refractivity contribution in [3.63, 3.8) is 0 Å². The van der Waals surface area contributed by atoms with Crippen LogP contribution in [0.3, 0.4) is 0 Å². The third-order valence-corrected chi connectivity index (χ3v) is 2.33. The van der Waals surface area contributed by atoms with Gasteiger partial charge in [0.05, 0.1) is 0 Å². The Morgan fingerprint density at radius 2 is 2.58 bits per heavy atom. The number of hydrogen-bond acceptors (Lipinski definition) is 4. The van der Waals surface area contributed by atoms with Gasteiger partial charge in [-0.15, -0.1) is 11.3 Å². The molecule has 0 aliphatic heterocycles. The van der Waals surface area contributed by atoms with Crippen LogP contribution in [0.15, 0.2) is 6.20 Å². The maximum Gasteiger partial charge on any atom is 0.277 e. The van der Waals surface area contributed by atoms with E-state index in [1.807, 2.05) is 6.92 Å². The summed E-state index contributed by atoms with van der Waals surface area (Å²) in [5.41, 5.74) is 5.04. The molecule has 0 saturated heterocycles. The quantitative estimate of drug-likeness (QED) is 0.711. The van der Waals surface area contributed by atoms with Crippen molar-refractivity contribution in [2.45, 2.75) is 13.5 Å². The first-order chi connectivity index (χ1) is 5.74. The maximum atomic E-state index is 10.6. The van der Waals surface area contributed by atoms with Crippen LogP contribution in [-0.4, -0.2) is 17.4 Å². The fourth-order valence-corrected chi connectivity index (χ4v) is 1.49. The van der Waals surface area contributed by atoms with E-state index in [0.717, 1.165) is 18.0 Å². The first-order valence-corrected chi connectivity index (χ1v) is 4.51. The van der Waals surface area contributed by atoms with Crippen molar-refractivity contribution in [3.8, 4) is 0 Å². The van der Waals surface area contributed by atoms with Crippen LogP contribution in [0.4, 0.5) is 0 Å². The molecule has 0 fully saturated rings. The van der Waals surface area contributed by atoms with Crippen LogP contribution in [0, 0.1) is 0 Å². The molecule has 3 N–H and O–H groups in total. The molecule has 1 rings (SSSR count). The van der Waals surface area contributed by atoms with Crippen molar-refractivity contribution >= 4 is 17.2 Å². The summed E-state index contributed by atoms with van der Waals surface area (Å²) in [6.07, 6.45) is 1.67. The van der Waals surface area contributed by atoms with Gasteiger partial charge in [-0.2, -0.15) is 0 Å². The Hall–Kier alpha value is -0.940. The smallest absolute Gasteiger partial charge is 0.277 e. The largest absolute Gasteiger partial charge is 0.364 e. The lowest BCUT2D eigenvalue weighted by Crippen LogP contribution is -2.10. The molecule has 0 aliphatic rings. The first-order valence-electron chi connectivity index (χ1n) is 3.69. The lowest BCUT2D eigenvalue weighted by Gasteiger charge is -1.94. The Morgan fingerprint density at radius 1 is 1.83 bits per heavy atom. The van der Waals surface area contributed by atoms with Crippen LogP contribution in [0.25, 0.3) is 0 Å². The second-order valence-electron chi connectivity index (χ2n) is 2.28. The molecule has 1 amide bonds. The van der Waals surface area contributed by atoms with Crippen LogP contribution in [0.5, 0.6) is 0 Å². The highest BCUT2D eigenvalue weighted by Crippen LogP contribution is 2.11. The molecule has 0 saturated carbocycles. The van der Waals surface area contributed by atoms with Gasteiger partial charge in [0.1, 0.15) is 0 Å². The van der Waals surface area contributed by atoms with Gasteiger partial charge in [-0.05, 0) is 6.54 Å². The number of rotatable bonds is 4. The normalized spacial score (nSPS) is 10.1. The number of nitrogens with zero attached hydrogens (tertiary/aromatic N) is 1. The number of nitrogens with one attached hydrogen (secondary N) is 1. The number of amides is 1. The Labute approximate surface area is 74.8 Å². The third kappa shape index (κ3) is 2.28. The fourth-order valence-electron chi connectivity index (χ4n) is 0.751. The van der Waals surface area contributed by atoms with E-state index >= 15 is 0 Å². The van der Waals surface area contributed by atoms with Crippen molar-refractivity contribution in [1.82, 2.24) is 10.3 Å². The molecule has 0 spiro atoms. The number of nitrogens with two attached hydrogens (primary N) is 1. The molecule has 0 aliphatic carbocycles. The van der Waals surface area contributed by atoms with Crippen molar-refractivity contribution in [2.24, 2.45) is 5.73 Å². The van der Waals surface area contributed by atoms with Gasteiger partial charge in [0.2, 0.25) is 0 Å². The molecular formula is C7H11N3OS. The van der Waals surface area contributed by atoms with Gasteiger partial charge in [-0.25, -0.2) is 4.98 Å². The average Bonchev–Trinajstić information content (AvgIpc) is 2.48. The van der Waals surface area contributed by atoms with Crippen molar-refractivity contribution < 1.29 is 4.79 Å². The van der Waals surface area contributed by atoms with Gasteiger partial charge in [0.15, 0.2) is 5.01 Å². The van der Waals surface area contributed by atoms with Gasteiger partial charge >= 0.3 is 0 Å². The molecule has 0 bridgehead atoms. The minimum atomic E-state index is -0.456. The summed E-state index contributed by atoms with van der Waals surface area (Å²) < 4.78 is 0. The molecule has 5 heteroatoms. The van der Waals surface area contributed by atoms with E-state index in [1.165, 1.54) is 11.3 Å². The number of hydrogen-bond donors (Lipinski definition) is 2. The highest BCUT2D eigenvalue weighted by Gasteiger charge is 2.05. The molecule has 1 aromatic rings. The van der Waals surface area contributed by atoms with E-state index < -0.39 is 5.91 Å². The molecule has 0 aromatic carbocycles. The lowest BCUT2D eigenvalue weighted by molar-refractivity contribution is 0.1000. The van der Waals surface area contributed by atoms with Crippen LogP contribution < -0.4 is 11.1 Å². The SMILES string of the molecule is CCNCc1cnc(C(N)=O)s1. The summed E-state index contributed by atoms with van der Waals surface area (Å²) in [6, 6.07) is 0. The number of carbonyl (C=O) groups is 1. The topological polar surface area (TPSA) is 68.0 Å². The van der Waals surface area contributed by atoms with Crippen LogP contribution in [-0.2, 0) is 6.54 Å². The summed E-state index contributed by atoms with van der Waals surface area (Å²) >= 11 is 1.33. The predicted molar refractivity (Wildman–Crippen MR) is 48.0 cm³/mol. The highest BCUT2D eigenvalue weighted by atomic mass is 32.1.